The van der Waals surface area contributed by atoms with Crippen molar-refractivity contribution in [1.82, 2.24) is 0 Å². The van der Waals surface area contributed by atoms with Gasteiger partial charge in [0, 0.05) is 18.8 Å². The van der Waals surface area contributed by atoms with Gasteiger partial charge in [-0.1, -0.05) is 33.1 Å². The van der Waals surface area contributed by atoms with Gasteiger partial charge in [-0.05, 0) is 25.7 Å². The van der Waals surface area contributed by atoms with Crippen LogP contribution in [0.3, 0.4) is 0 Å². The minimum atomic E-state index is -2.89. The SMILES string of the molecule is CCCO[Si](O)(OCCC)C1CCCCC1. The summed E-state index contributed by atoms with van der Waals surface area (Å²) in [6, 6.07) is 0. The molecule has 0 heterocycles. The zero-order valence-corrected chi connectivity index (χ0v) is 11.7. The summed E-state index contributed by atoms with van der Waals surface area (Å²) < 4.78 is 11.4. The average molecular weight is 246 g/mol. The molecule has 1 rings (SSSR count). The summed E-state index contributed by atoms with van der Waals surface area (Å²) in [5.41, 5.74) is 0.291. The van der Waals surface area contributed by atoms with E-state index >= 15 is 0 Å². The molecule has 0 aromatic carbocycles. The Kier molecular flexibility index (Phi) is 6.57. The van der Waals surface area contributed by atoms with E-state index in [1.165, 1.54) is 19.3 Å². The van der Waals surface area contributed by atoms with E-state index in [1.807, 2.05) is 0 Å². The van der Waals surface area contributed by atoms with Gasteiger partial charge in [0.05, 0.1) is 0 Å². The van der Waals surface area contributed by atoms with E-state index in [-0.39, 0.29) is 0 Å². The van der Waals surface area contributed by atoms with Crippen molar-refractivity contribution in [3.8, 4) is 0 Å². The lowest BCUT2D eigenvalue weighted by atomic mass is 10.0. The van der Waals surface area contributed by atoms with Gasteiger partial charge in [-0.3, -0.25) is 0 Å². The van der Waals surface area contributed by atoms with E-state index in [4.69, 9.17) is 8.85 Å². The first-order chi connectivity index (χ1) is 7.73. The molecule has 0 aliphatic heterocycles. The third kappa shape index (κ3) is 4.16. The molecule has 0 bridgehead atoms. The molecule has 0 atom stereocenters. The van der Waals surface area contributed by atoms with Crippen LogP contribution in [-0.4, -0.2) is 26.8 Å². The monoisotopic (exact) mass is 246 g/mol. The zero-order chi connectivity index (χ0) is 11.9. The van der Waals surface area contributed by atoms with Crippen molar-refractivity contribution in [1.29, 1.82) is 0 Å². The van der Waals surface area contributed by atoms with Gasteiger partial charge in [0.25, 0.3) is 0 Å². The number of hydrogen-bond acceptors (Lipinski definition) is 3. The van der Waals surface area contributed by atoms with Crippen LogP contribution >= 0.6 is 0 Å². The summed E-state index contributed by atoms with van der Waals surface area (Å²) in [5.74, 6) is 0. The number of hydrogen-bond donors (Lipinski definition) is 1. The maximum absolute atomic E-state index is 10.6. The molecule has 0 radical (unpaired) electrons. The van der Waals surface area contributed by atoms with Gasteiger partial charge in [0.1, 0.15) is 0 Å². The van der Waals surface area contributed by atoms with Crippen LogP contribution in [0.15, 0.2) is 0 Å². The molecular weight excluding hydrogens is 220 g/mol. The second kappa shape index (κ2) is 7.43. The Balaban J connectivity index is 2.51. The molecular formula is C12H26O3Si. The quantitative estimate of drug-likeness (QED) is 0.702. The summed E-state index contributed by atoms with van der Waals surface area (Å²) in [5, 5.41) is 0. The second-order valence-corrected chi connectivity index (χ2v) is 7.32. The Morgan fingerprint density at radius 2 is 1.50 bits per heavy atom. The van der Waals surface area contributed by atoms with Crippen LogP contribution < -0.4 is 0 Å². The van der Waals surface area contributed by atoms with Crippen LogP contribution in [0.1, 0.15) is 58.8 Å². The highest BCUT2D eigenvalue weighted by molar-refractivity contribution is 6.61. The first-order valence-corrected chi connectivity index (χ1v) is 8.57. The van der Waals surface area contributed by atoms with E-state index in [9.17, 15) is 4.80 Å². The van der Waals surface area contributed by atoms with Crippen LogP contribution in [0.2, 0.25) is 5.54 Å². The van der Waals surface area contributed by atoms with Crippen LogP contribution in [0.4, 0.5) is 0 Å². The first-order valence-electron chi connectivity index (χ1n) is 6.73. The van der Waals surface area contributed by atoms with E-state index in [0.29, 0.717) is 18.8 Å². The van der Waals surface area contributed by atoms with Crippen molar-refractivity contribution in [2.75, 3.05) is 13.2 Å². The van der Waals surface area contributed by atoms with Crippen LogP contribution in [0.5, 0.6) is 0 Å². The van der Waals surface area contributed by atoms with Crippen LogP contribution in [0.25, 0.3) is 0 Å². The second-order valence-electron chi connectivity index (χ2n) is 4.66. The fourth-order valence-corrected chi connectivity index (χ4v) is 4.93. The summed E-state index contributed by atoms with van der Waals surface area (Å²) in [7, 11) is -2.89. The first kappa shape index (κ1) is 14.2. The maximum Gasteiger partial charge on any atom is 0.501 e. The van der Waals surface area contributed by atoms with Gasteiger partial charge in [-0.25, -0.2) is 0 Å². The highest BCUT2D eigenvalue weighted by Crippen LogP contribution is 2.36. The van der Waals surface area contributed by atoms with E-state index in [0.717, 1.165) is 25.7 Å². The smallest absolute Gasteiger partial charge is 0.390 e. The van der Waals surface area contributed by atoms with E-state index < -0.39 is 8.80 Å². The molecule has 16 heavy (non-hydrogen) atoms. The Hall–Kier alpha value is 0.0969. The fourth-order valence-electron chi connectivity index (χ4n) is 2.24. The molecule has 1 aliphatic rings. The predicted molar refractivity (Wildman–Crippen MR) is 67.3 cm³/mol. The fraction of sp³-hybridized carbons (Fsp3) is 1.00. The minimum Gasteiger partial charge on any atom is -0.390 e. The molecule has 0 amide bonds. The maximum atomic E-state index is 10.6. The molecule has 1 aliphatic carbocycles. The molecule has 0 aromatic heterocycles. The largest absolute Gasteiger partial charge is 0.501 e. The Labute approximate surface area is 101 Å². The minimum absolute atomic E-state index is 0.291. The van der Waals surface area contributed by atoms with Gasteiger partial charge in [-0.15, -0.1) is 0 Å². The summed E-state index contributed by atoms with van der Waals surface area (Å²) in [6.45, 7) is 5.39. The number of rotatable bonds is 7. The molecule has 4 heteroatoms. The Bertz CT molecular complexity index is 173. The molecule has 1 N–H and O–H groups in total. The lowest BCUT2D eigenvalue weighted by Gasteiger charge is -2.33. The van der Waals surface area contributed by atoms with Crippen molar-refractivity contribution >= 4 is 8.80 Å². The normalized spacial score (nSPS) is 18.9. The lowest BCUT2D eigenvalue weighted by molar-refractivity contribution is 0.0811. The Morgan fingerprint density at radius 1 is 1.00 bits per heavy atom. The molecule has 0 aromatic rings. The van der Waals surface area contributed by atoms with Gasteiger partial charge in [-0.2, -0.15) is 0 Å². The molecule has 96 valence electrons. The van der Waals surface area contributed by atoms with Crippen molar-refractivity contribution in [3.05, 3.63) is 0 Å². The van der Waals surface area contributed by atoms with Crippen molar-refractivity contribution in [2.45, 2.75) is 64.3 Å². The molecule has 3 nitrogen and oxygen atoms in total. The summed E-state index contributed by atoms with van der Waals surface area (Å²) in [6.07, 6.45) is 7.76. The summed E-state index contributed by atoms with van der Waals surface area (Å²) in [4.78, 5) is 10.6. The zero-order valence-electron chi connectivity index (χ0n) is 10.7. The third-order valence-electron chi connectivity index (χ3n) is 3.15. The standard InChI is InChI=1S/C12H26O3Si/c1-3-10-14-16(13,15-11-4-2)12-8-6-5-7-9-12/h12-13H,3-11H2,1-2H3. The van der Waals surface area contributed by atoms with Gasteiger partial charge >= 0.3 is 8.80 Å². The van der Waals surface area contributed by atoms with Crippen molar-refractivity contribution in [3.63, 3.8) is 0 Å². The third-order valence-corrected chi connectivity index (χ3v) is 5.99. The van der Waals surface area contributed by atoms with Gasteiger partial charge in [0.2, 0.25) is 0 Å². The van der Waals surface area contributed by atoms with Crippen LogP contribution in [-0.2, 0) is 8.85 Å². The van der Waals surface area contributed by atoms with E-state index in [2.05, 4.69) is 13.8 Å². The van der Waals surface area contributed by atoms with Crippen molar-refractivity contribution < 1.29 is 13.6 Å². The molecule has 1 fully saturated rings. The average Bonchev–Trinajstić information content (AvgIpc) is 2.35. The van der Waals surface area contributed by atoms with Crippen molar-refractivity contribution in [2.24, 2.45) is 0 Å². The molecule has 0 unspecified atom stereocenters. The van der Waals surface area contributed by atoms with Crippen LogP contribution in [0, 0.1) is 0 Å². The van der Waals surface area contributed by atoms with Gasteiger partial charge < -0.3 is 13.6 Å². The lowest BCUT2D eigenvalue weighted by Crippen LogP contribution is -2.48. The molecule has 1 saturated carbocycles. The Morgan fingerprint density at radius 3 is 1.94 bits per heavy atom. The predicted octanol–water partition coefficient (Wildman–Crippen LogP) is 3.11. The van der Waals surface area contributed by atoms with Gasteiger partial charge in [0.15, 0.2) is 0 Å². The highest BCUT2D eigenvalue weighted by Gasteiger charge is 2.46. The van der Waals surface area contributed by atoms with E-state index in [1.54, 1.807) is 0 Å². The molecule has 0 saturated heterocycles. The highest BCUT2D eigenvalue weighted by atomic mass is 28.4. The topological polar surface area (TPSA) is 38.7 Å². The molecule has 0 spiro atoms. The summed E-state index contributed by atoms with van der Waals surface area (Å²) >= 11 is 0.